The molecule has 132 valence electrons. The van der Waals surface area contributed by atoms with Crippen LogP contribution in [0.1, 0.15) is 23.1 Å². The highest BCUT2D eigenvalue weighted by atomic mass is 16.5. The van der Waals surface area contributed by atoms with Gasteiger partial charge in [-0.05, 0) is 24.5 Å². The minimum Gasteiger partial charge on any atom is -0.445 e. The smallest absolute Gasteiger partial charge is 0.407 e. The molecule has 25 heavy (non-hydrogen) atoms. The standard InChI is InChI=1S/C20H24N2O3/c1-16-7-9-17(10-8-16)11-12-19(23)21-13-14-22-20(24)25-15-18-5-3-2-4-6-18/h2-10H,11-15H2,1H3,(H,21,23)(H,22,24). The first kappa shape index (κ1) is 18.5. The molecule has 2 rings (SSSR count). The zero-order valence-electron chi connectivity index (χ0n) is 14.5. The molecule has 2 aromatic carbocycles. The molecule has 0 fully saturated rings. The summed E-state index contributed by atoms with van der Waals surface area (Å²) in [4.78, 5) is 23.3. The predicted molar refractivity (Wildman–Crippen MR) is 97.1 cm³/mol. The Kier molecular flexibility index (Phi) is 7.50. The molecule has 2 aromatic rings. The minimum atomic E-state index is -0.488. The van der Waals surface area contributed by atoms with E-state index in [2.05, 4.69) is 10.6 Å². The third-order valence-electron chi connectivity index (χ3n) is 3.69. The van der Waals surface area contributed by atoms with Crippen LogP contribution in [0.3, 0.4) is 0 Å². The molecule has 0 aliphatic heterocycles. The molecule has 0 aliphatic rings. The lowest BCUT2D eigenvalue weighted by molar-refractivity contribution is -0.121. The van der Waals surface area contributed by atoms with Crippen LogP contribution in [0.5, 0.6) is 0 Å². The fourth-order valence-corrected chi connectivity index (χ4v) is 2.24. The van der Waals surface area contributed by atoms with Gasteiger partial charge in [0.2, 0.25) is 5.91 Å². The molecule has 0 aliphatic carbocycles. The number of carbonyl (C=O) groups excluding carboxylic acids is 2. The molecule has 0 atom stereocenters. The van der Waals surface area contributed by atoms with Crippen molar-refractivity contribution >= 4 is 12.0 Å². The van der Waals surface area contributed by atoms with Gasteiger partial charge in [-0.1, -0.05) is 60.2 Å². The van der Waals surface area contributed by atoms with E-state index in [1.54, 1.807) is 0 Å². The number of nitrogens with one attached hydrogen (secondary N) is 2. The Morgan fingerprint density at radius 3 is 2.28 bits per heavy atom. The summed E-state index contributed by atoms with van der Waals surface area (Å²) in [6, 6.07) is 17.6. The van der Waals surface area contributed by atoms with Crippen molar-refractivity contribution in [2.45, 2.75) is 26.4 Å². The Bertz CT molecular complexity index is 669. The number of alkyl carbamates (subject to hydrolysis) is 1. The topological polar surface area (TPSA) is 67.4 Å². The van der Waals surface area contributed by atoms with Crippen molar-refractivity contribution in [1.82, 2.24) is 10.6 Å². The minimum absolute atomic E-state index is 0.0278. The first-order chi connectivity index (χ1) is 12.1. The van der Waals surface area contributed by atoms with Gasteiger partial charge in [0.1, 0.15) is 6.61 Å². The second-order valence-corrected chi connectivity index (χ2v) is 5.82. The van der Waals surface area contributed by atoms with Gasteiger partial charge in [0.05, 0.1) is 0 Å². The van der Waals surface area contributed by atoms with E-state index in [1.807, 2.05) is 61.5 Å². The van der Waals surface area contributed by atoms with Crippen LogP contribution in [0.25, 0.3) is 0 Å². The number of rotatable bonds is 8. The number of amides is 2. The lowest BCUT2D eigenvalue weighted by Crippen LogP contribution is -2.35. The Morgan fingerprint density at radius 2 is 1.56 bits per heavy atom. The molecule has 0 spiro atoms. The summed E-state index contributed by atoms with van der Waals surface area (Å²) in [6.45, 7) is 2.99. The van der Waals surface area contributed by atoms with Crippen LogP contribution in [0.4, 0.5) is 4.79 Å². The molecule has 5 heteroatoms. The largest absolute Gasteiger partial charge is 0.445 e. The van der Waals surface area contributed by atoms with Gasteiger partial charge in [-0.2, -0.15) is 0 Å². The van der Waals surface area contributed by atoms with Gasteiger partial charge >= 0.3 is 6.09 Å². The van der Waals surface area contributed by atoms with Crippen LogP contribution in [-0.2, 0) is 22.6 Å². The van der Waals surface area contributed by atoms with Crippen LogP contribution in [-0.4, -0.2) is 25.1 Å². The zero-order chi connectivity index (χ0) is 17.9. The van der Waals surface area contributed by atoms with E-state index in [0.29, 0.717) is 25.9 Å². The van der Waals surface area contributed by atoms with Gasteiger partial charge in [-0.3, -0.25) is 4.79 Å². The summed E-state index contributed by atoms with van der Waals surface area (Å²) in [5.74, 6) is -0.0278. The maximum atomic E-state index is 11.8. The summed E-state index contributed by atoms with van der Waals surface area (Å²) in [5, 5.41) is 5.40. The van der Waals surface area contributed by atoms with E-state index in [1.165, 1.54) is 5.56 Å². The first-order valence-corrected chi connectivity index (χ1v) is 8.40. The summed E-state index contributed by atoms with van der Waals surface area (Å²) in [7, 11) is 0. The molecular weight excluding hydrogens is 316 g/mol. The van der Waals surface area contributed by atoms with E-state index in [9.17, 15) is 9.59 Å². The van der Waals surface area contributed by atoms with Crippen LogP contribution in [0.2, 0.25) is 0 Å². The fourth-order valence-electron chi connectivity index (χ4n) is 2.24. The maximum Gasteiger partial charge on any atom is 0.407 e. The lowest BCUT2D eigenvalue weighted by Gasteiger charge is -2.08. The number of aryl methyl sites for hydroxylation is 2. The molecule has 2 N–H and O–H groups in total. The second-order valence-electron chi connectivity index (χ2n) is 5.82. The molecule has 0 heterocycles. The number of hydrogen-bond donors (Lipinski definition) is 2. The van der Waals surface area contributed by atoms with Crippen LogP contribution >= 0.6 is 0 Å². The normalized spacial score (nSPS) is 10.1. The van der Waals surface area contributed by atoms with E-state index < -0.39 is 6.09 Å². The molecule has 0 aromatic heterocycles. The van der Waals surface area contributed by atoms with Gasteiger partial charge in [0, 0.05) is 19.5 Å². The Balaban J connectivity index is 1.53. The highest BCUT2D eigenvalue weighted by Gasteiger charge is 2.04. The van der Waals surface area contributed by atoms with Crippen molar-refractivity contribution in [2.75, 3.05) is 13.1 Å². The summed E-state index contributed by atoms with van der Waals surface area (Å²) >= 11 is 0. The summed E-state index contributed by atoms with van der Waals surface area (Å²) < 4.78 is 5.09. The molecule has 0 unspecified atom stereocenters. The highest BCUT2D eigenvalue weighted by molar-refractivity contribution is 5.76. The number of ether oxygens (including phenoxy) is 1. The quantitative estimate of drug-likeness (QED) is 0.726. The van der Waals surface area contributed by atoms with Gasteiger partial charge in [-0.15, -0.1) is 0 Å². The Morgan fingerprint density at radius 1 is 0.880 bits per heavy atom. The number of benzene rings is 2. The van der Waals surface area contributed by atoms with E-state index in [-0.39, 0.29) is 12.5 Å². The molecule has 2 amide bonds. The summed E-state index contributed by atoms with van der Waals surface area (Å²) in [6.07, 6.45) is 0.651. The monoisotopic (exact) mass is 340 g/mol. The van der Waals surface area contributed by atoms with E-state index in [0.717, 1.165) is 11.1 Å². The fraction of sp³-hybridized carbons (Fsp3) is 0.300. The van der Waals surface area contributed by atoms with Crippen LogP contribution in [0, 0.1) is 6.92 Å². The van der Waals surface area contributed by atoms with Crippen LogP contribution < -0.4 is 10.6 Å². The summed E-state index contributed by atoms with van der Waals surface area (Å²) in [5.41, 5.74) is 3.28. The number of hydrogen-bond acceptors (Lipinski definition) is 3. The average Bonchev–Trinajstić information content (AvgIpc) is 2.64. The Hall–Kier alpha value is -2.82. The van der Waals surface area contributed by atoms with Gasteiger partial charge in [-0.25, -0.2) is 4.79 Å². The van der Waals surface area contributed by atoms with Crippen molar-refractivity contribution in [3.05, 3.63) is 71.3 Å². The highest BCUT2D eigenvalue weighted by Crippen LogP contribution is 2.05. The van der Waals surface area contributed by atoms with Crippen molar-refractivity contribution < 1.29 is 14.3 Å². The first-order valence-electron chi connectivity index (χ1n) is 8.40. The Labute approximate surface area is 148 Å². The van der Waals surface area contributed by atoms with Gasteiger partial charge < -0.3 is 15.4 Å². The molecule has 0 saturated heterocycles. The van der Waals surface area contributed by atoms with Crippen molar-refractivity contribution in [2.24, 2.45) is 0 Å². The molecule has 0 radical (unpaired) electrons. The molecule has 5 nitrogen and oxygen atoms in total. The van der Waals surface area contributed by atoms with Crippen LogP contribution in [0.15, 0.2) is 54.6 Å². The van der Waals surface area contributed by atoms with Crippen molar-refractivity contribution in [3.8, 4) is 0 Å². The van der Waals surface area contributed by atoms with Gasteiger partial charge in [0.15, 0.2) is 0 Å². The second kappa shape index (κ2) is 10.1. The SMILES string of the molecule is Cc1ccc(CCC(=O)NCCNC(=O)OCc2ccccc2)cc1. The molecule has 0 saturated carbocycles. The van der Waals surface area contributed by atoms with E-state index >= 15 is 0 Å². The lowest BCUT2D eigenvalue weighted by atomic mass is 10.1. The maximum absolute atomic E-state index is 11.8. The van der Waals surface area contributed by atoms with E-state index in [4.69, 9.17) is 4.74 Å². The average molecular weight is 340 g/mol. The van der Waals surface area contributed by atoms with Crippen molar-refractivity contribution in [1.29, 1.82) is 0 Å². The third kappa shape index (κ3) is 7.52. The predicted octanol–water partition coefficient (Wildman–Crippen LogP) is 2.97. The number of carbonyl (C=O) groups is 2. The zero-order valence-corrected chi connectivity index (χ0v) is 14.5. The van der Waals surface area contributed by atoms with Gasteiger partial charge in [0.25, 0.3) is 0 Å². The third-order valence-corrected chi connectivity index (χ3v) is 3.69. The molecule has 0 bridgehead atoms. The van der Waals surface area contributed by atoms with Crippen molar-refractivity contribution in [3.63, 3.8) is 0 Å². The molecular formula is C20H24N2O3.